The maximum atomic E-state index is 12.4. The van der Waals surface area contributed by atoms with Crippen molar-refractivity contribution in [3.8, 4) is 11.5 Å². The monoisotopic (exact) mass is 578 g/mol. The number of halogens is 1. The van der Waals surface area contributed by atoms with Crippen molar-refractivity contribution in [2.24, 2.45) is 5.10 Å². The van der Waals surface area contributed by atoms with E-state index in [1.165, 1.54) is 10.8 Å². The number of aryl methyl sites for hydroxylation is 2. The van der Waals surface area contributed by atoms with Crippen molar-refractivity contribution >= 4 is 45.5 Å². The van der Waals surface area contributed by atoms with E-state index in [2.05, 4.69) is 57.4 Å². The number of carbonyl (C=O) groups is 1. The molecule has 1 amide bonds. The topological polar surface area (TPSA) is 59.9 Å². The lowest BCUT2D eigenvalue weighted by molar-refractivity contribution is -0.120. The predicted octanol–water partition coefficient (Wildman–Crippen LogP) is 6.34. The van der Waals surface area contributed by atoms with Crippen LogP contribution in [0.25, 0.3) is 10.8 Å². The summed E-state index contributed by atoms with van der Waals surface area (Å²) in [7, 11) is 1.61. The molecule has 4 rings (SSSR count). The fourth-order valence-corrected chi connectivity index (χ4v) is 4.69. The number of hydrogen-bond donors (Lipinski definition) is 1. The van der Waals surface area contributed by atoms with E-state index in [4.69, 9.17) is 9.47 Å². The van der Waals surface area contributed by atoms with Gasteiger partial charge in [0.1, 0.15) is 6.61 Å². The van der Waals surface area contributed by atoms with Crippen molar-refractivity contribution in [2.45, 2.75) is 26.9 Å². The van der Waals surface area contributed by atoms with Crippen LogP contribution in [0, 0.1) is 17.4 Å². The number of benzene rings is 4. The van der Waals surface area contributed by atoms with E-state index in [0.29, 0.717) is 18.1 Å². The van der Waals surface area contributed by atoms with E-state index in [-0.39, 0.29) is 12.3 Å². The maximum Gasteiger partial charge on any atom is 0.244 e. The van der Waals surface area contributed by atoms with E-state index in [1.54, 1.807) is 13.3 Å². The summed E-state index contributed by atoms with van der Waals surface area (Å²) in [5.74, 6) is 1.13. The molecule has 178 valence electrons. The molecule has 6 heteroatoms. The van der Waals surface area contributed by atoms with E-state index < -0.39 is 0 Å². The zero-order chi connectivity index (χ0) is 24.8. The smallest absolute Gasteiger partial charge is 0.244 e. The normalized spacial score (nSPS) is 11.1. The Kier molecular flexibility index (Phi) is 8.02. The summed E-state index contributed by atoms with van der Waals surface area (Å²) < 4.78 is 12.7. The van der Waals surface area contributed by atoms with Crippen LogP contribution in [0.5, 0.6) is 11.5 Å². The molecule has 4 aromatic carbocycles. The summed E-state index contributed by atoms with van der Waals surface area (Å²) in [5, 5.41) is 6.49. The number of hydrogen-bond acceptors (Lipinski definition) is 4. The molecule has 0 unspecified atom stereocenters. The highest BCUT2D eigenvalue weighted by molar-refractivity contribution is 14.1. The van der Waals surface area contributed by atoms with E-state index >= 15 is 0 Å². The highest BCUT2D eigenvalue weighted by Crippen LogP contribution is 2.34. The number of ether oxygens (including phenoxy) is 2. The number of amides is 1. The molecule has 0 aliphatic carbocycles. The number of methoxy groups -OCH3 is 1. The third-order valence-corrected chi connectivity index (χ3v) is 6.56. The van der Waals surface area contributed by atoms with Gasteiger partial charge in [-0.2, -0.15) is 5.10 Å². The standard InChI is InChI=1S/C29H27IN2O3/c1-19-11-12-20(2)24(13-19)16-28(33)32-31-17-21-14-26(30)29(27(15-21)34-3)35-18-23-9-6-8-22-7-4-5-10-25(22)23/h4-15,17H,16,18H2,1-3H3,(H,32,33)/b31-17+. The van der Waals surface area contributed by atoms with Gasteiger partial charge < -0.3 is 9.47 Å². The molecule has 0 saturated carbocycles. The number of carbonyl (C=O) groups excluding carboxylic acids is 1. The van der Waals surface area contributed by atoms with E-state index in [9.17, 15) is 4.79 Å². The number of rotatable bonds is 8. The summed E-state index contributed by atoms with van der Waals surface area (Å²) >= 11 is 2.23. The zero-order valence-electron chi connectivity index (χ0n) is 20.0. The van der Waals surface area contributed by atoms with Crippen LogP contribution in [0.2, 0.25) is 0 Å². The Hall–Kier alpha value is -3.39. The van der Waals surface area contributed by atoms with Gasteiger partial charge in [0.25, 0.3) is 0 Å². The first kappa shape index (κ1) is 24.7. The van der Waals surface area contributed by atoms with Crippen molar-refractivity contribution < 1.29 is 14.3 Å². The first-order valence-corrected chi connectivity index (χ1v) is 12.4. The van der Waals surface area contributed by atoms with Gasteiger partial charge in [0.2, 0.25) is 5.91 Å². The molecule has 0 aromatic heterocycles. The molecular formula is C29H27IN2O3. The van der Waals surface area contributed by atoms with Crippen molar-refractivity contribution in [1.29, 1.82) is 0 Å². The second kappa shape index (κ2) is 11.4. The number of nitrogens with zero attached hydrogens (tertiary/aromatic N) is 1. The van der Waals surface area contributed by atoms with Gasteiger partial charge in [0.05, 0.1) is 23.3 Å². The Balaban J connectivity index is 1.44. The van der Waals surface area contributed by atoms with Gasteiger partial charge in [-0.15, -0.1) is 0 Å². The zero-order valence-corrected chi connectivity index (χ0v) is 22.1. The van der Waals surface area contributed by atoms with Gasteiger partial charge in [-0.3, -0.25) is 4.79 Å². The molecular weight excluding hydrogens is 551 g/mol. The molecule has 0 spiro atoms. The van der Waals surface area contributed by atoms with Gasteiger partial charge in [0.15, 0.2) is 11.5 Å². The third kappa shape index (κ3) is 6.19. The molecule has 0 heterocycles. The average molecular weight is 578 g/mol. The second-order valence-electron chi connectivity index (χ2n) is 8.36. The van der Waals surface area contributed by atoms with Crippen LogP contribution < -0.4 is 14.9 Å². The first-order chi connectivity index (χ1) is 16.9. The van der Waals surface area contributed by atoms with Gasteiger partial charge in [-0.1, -0.05) is 66.2 Å². The molecule has 0 fully saturated rings. The quantitative estimate of drug-likeness (QED) is 0.151. The fourth-order valence-electron chi connectivity index (χ4n) is 3.90. The molecule has 0 atom stereocenters. The molecule has 0 aliphatic heterocycles. The van der Waals surface area contributed by atoms with Gasteiger partial charge in [0, 0.05) is 0 Å². The number of hydrazone groups is 1. The predicted molar refractivity (Wildman–Crippen MR) is 149 cm³/mol. The van der Waals surface area contributed by atoms with Crippen LogP contribution in [-0.2, 0) is 17.8 Å². The van der Waals surface area contributed by atoms with Gasteiger partial charge in [-0.05, 0) is 81.6 Å². The van der Waals surface area contributed by atoms with Crippen molar-refractivity contribution in [3.63, 3.8) is 0 Å². The molecule has 0 aliphatic rings. The Morgan fingerprint density at radius 1 is 1.00 bits per heavy atom. The third-order valence-electron chi connectivity index (χ3n) is 5.76. The Morgan fingerprint density at radius 3 is 2.63 bits per heavy atom. The maximum absolute atomic E-state index is 12.4. The summed E-state index contributed by atoms with van der Waals surface area (Å²) in [4.78, 5) is 12.4. The largest absolute Gasteiger partial charge is 0.493 e. The highest BCUT2D eigenvalue weighted by Gasteiger charge is 2.13. The number of nitrogens with one attached hydrogen (secondary N) is 1. The Bertz CT molecular complexity index is 1390. The van der Waals surface area contributed by atoms with Crippen LogP contribution >= 0.6 is 22.6 Å². The lowest BCUT2D eigenvalue weighted by Crippen LogP contribution is -2.20. The average Bonchev–Trinajstić information content (AvgIpc) is 2.85. The molecule has 0 bridgehead atoms. The molecule has 0 saturated heterocycles. The lowest BCUT2D eigenvalue weighted by atomic mass is 10.0. The minimum Gasteiger partial charge on any atom is -0.493 e. The second-order valence-corrected chi connectivity index (χ2v) is 9.52. The van der Waals surface area contributed by atoms with Crippen LogP contribution in [0.3, 0.4) is 0 Å². The van der Waals surface area contributed by atoms with Crippen LogP contribution in [-0.4, -0.2) is 19.2 Å². The fraction of sp³-hybridized carbons (Fsp3) is 0.172. The molecule has 35 heavy (non-hydrogen) atoms. The van der Waals surface area contributed by atoms with Crippen LogP contribution in [0.1, 0.15) is 27.8 Å². The SMILES string of the molecule is COc1cc(/C=N/NC(=O)Cc2cc(C)ccc2C)cc(I)c1OCc1cccc2ccccc12. The molecule has 4 aromatic rings. The summed E-state index contributed by atoms with van der Waals surface area (Å²) in [6, 6.07) is 24.4. The van der Waals surface area contributed by atoms with Crippen LogP contribution in [0.15, 0.2) is 77.9 Å². The Labute approximate surface area is 219 Å². The number of fused-ring (bicyclic) bond motifs is 1. The molecule has 1 N–H and O–H groups in total. The lowest BCUT2D eigenvalue weighted by Gasteiger charge is -2.14. The minimum atomic E-state index is -0.161. The van der Waals surface area contributed by atoms with Gasteiger partial charge in [-0.25, -0.2) is 5.43 Å². The van der Waals surface area contributed by atoms with E-state index in [0.717, 1.165) is 31.4 Å². The summed E-state index contributed by atoms with van der Waals surface area (Å²) in [6.45, 7) is 4.45. The summed E-state index contributed by atoms with van der Waals surface area (Å²) in [5.41, 5.74) is 7.75. The Morgan fingerprint density at radius 2 is 1.80 bits per heavy atom. The minimum absolute atomic E-state index is 0.161. The van der Waals surface area contributed by atoms with Crippen LogP contribution in [0.4, 0.5) is 0 Å². The molecule has 0 radical (unpaired) electrons. The van der Waals surface area contributed by atoms with E-state index in [1.807, 2.05) is 62.4 Å². The van der Waals surface area contributed by atoms with Crippen molar-refractivity contribution in [2.75, 3.05) is 7.11 Å². The van der Waals surface area contributed by atoms with Gasteiger partial charge >= 0.3 is 0 Å². The van der Waals surface area contributed by atoms with Crippen molar-refractivity contribution in [1.82, 2.24) is 5.43 Å². The van der Waals surface area contributed by atoms with Crippen molar-refractivity contribution in [3.05, 3.63) is 104 Å². The first-order valence-electron chi connectivity index (χ1n) is 11.3. The summed E-state index contributed by atoms with van der Waals surface area (Å²) in [6.07, 6.45) is 1.90. The molecule has 5 nitrogen and oxygen atoms in total. The highest BCUT2D eigenvalue weighted by atomic mass is 127.